The third kappa shape index (κ3) is 23.3. The monoisotopic (exact) mass is 398 g/mol. The van der Waals surface area contributed by atoms with Gasteiger partial charge >= 0.3 is 6.16 Å². The Bertz CT molecular complexity index is 329. The maximum atomic E-state index is 11.5. The third-order valence-corrected chi connectivity index (χ3v) is 5.08. The molecule has 28 heavy (non-hydrogen) atoms. The fourth-order valence-electron chi connectivity index (χ4n) is 3.28. The zero-order valence-electron chi connectivity index (χ0n) is 20.0. The normalized spacial score (nSPS) is 12.2. The van der Waals surface area contributed by atoms with E-state index in [4.69, 9.17) is 9.47 Å². The molecule has 168 valence electrons. The van der Waals surface area contributed by atoms with Gasteiger partial charge in [0.1, 0.15) is 0 Å². The van der Waals surface area contributed by atoms with Gasteiger partial charge in [0.15, 0.2) is 0 Å². The highest BCUT2D eigenvalue weighted by atomic mass is 16.7. The topological polar surface area (TPSA) is 35.5 Å². The Kier molecular flexibility index (Phi) is 15.7. The van der Waals surface area contributed by atoms with Crippen LogP contribution in [-0.4, -0.2) is 19.4 Å². The van der Waals surface area contributed by atoms with Gasteiger partial charge in [-0.2, -0.15) is 0 Å². The number of hydrogen-bond donors (Lipinski definition) is 0. The van der Waals surface area contributed by atoms with Crippen LogP contribution in [0.25, 0.3) is 0 Å². The highest BCUT2D eigenvalue weighted by molar-refractivity contribution is 5.59. The van der Waals surface area contributed by atoms with Gasteiger partial charge < -0.3 is 9.47 Å². The van der Waals surface area contributed by atoms with Crippen molar-refractivity contribution in [3.8, 4) is 0 Å². The number of unbranched alkanes of at least 4 members (excludes halogenated alkanes) is 10. The zero-order valence-corrected chi connectivity index (χ0v) is 20.0. The second kappa shape index (κ2) is 16.1. The highest BCUT2D eigenvalue weighted by Crippen LogP contribution is 2.23. The van der Waals surface area contributed by atoms with Gasteiger partial charge in [0.05, 0.1) is 13.2 Å². The molecule has 0 fully saturated rings. The molecular weight excluding hydrogens is 348 g/mol. The lowest BCUT2D eigenvalue weighted by Gasteiger charge is -2.17. The van der Waals surface area contributed by atoms with Gasteiger partial charge in [-0.05, 0) is 36.5 Å². The average molecular weight is 399 g/mol. The Morgan fingerprint density at radius 3 is 1.11 bits per heavy atom. The van der Waals surface area contributed by atoms with E-state index < -0.39 is 6.16 Å². The minimum absolute atomic E-state index is 0.459. The summed E-state index contributed by atoms with van der Waals surface area (Å²) in [6.45, 7) is 14.8. The first-order valence-corrected chi connectivity index (χ1v) is 11.9. The third-order valence-electron chi connectivity index (χ3n) is 5.08. The molecule has 0 saturated heterocycles. The summed E-state index contributed by atoms with van der Waals surface area (Å²) < 4.78 is 10.3. The van der Waals surface area contributed by atoms with E-state index >= 15 is 0 Å². The molecule has 0 spiro atoms. The van der Waals surface area contributed by atoms with Crippen molar-refractivity contribution in [3.63, 3.8) is 0 Å². The quantitative estimate of drug-likeness (QED) is 0.193. The Hall–Kier alpha value is -0.730. The molecule has 0 aliphatic carbocycles. The molecule has 0 bridgehead atoms. The summed E-state index contributed by atoms with van der Waals surface area (Å²) in [7, 11) is 0. The van der Waals surface area contributed by atoms with Crippen LogP contribution in [0, 0.1) is 10.8 Å². The first kappa shape index (κ1) is 27.3. The molecule has 0 aromatic carbocycles. The first-order valence-electron chi connectivity index (χ1n) is 11.9. The fourth-order valence-corrected chi connectivity index (χ4v) is 3.28. The average Bonchev–Trinajstić information content (AvgIpc) is 2.57. The minimum atomic E-state index is -0.490. The van der Waals surface area contributed by atoms with Gasteiger partial charge in [-0.15, -0.1) is 0 Å². The Labute approximate surface area is 176 Å². The maximum Gasteiger partial charge on any atom is 0.508 e. The summed E-state index contributed by atoms with van der Waals surface area (Å²) in [5.74, 6) is 0. The number of rotatable bonds is 16. The second-order valence-corrected chi connectivity index (χ2v) is 10.8. The summed E-state index contributed by atoms with van der Waals surface area (Å²) in [6.07, 6.45) is 16.6. The molecule has 0 amide bonds. The second-order valence-electron chi connectivity index (χ2n) is 10.8. The maximum absolute atomic E-state index is 11.5. The number of ether oxygens (including phenoxy) is 2. The summed E-state index contributed by atoms with van der Waals surface area (Å²) >= 11 is 0. The van der Waals surface area contributed by atoms with Crippen molar-refractivity contribution in [2.45, 2.75) is 131 Å². The van der Waals surface area contributed by atoms with E-state index in [1.54, 1.807) is 0 Å². The molecule has 0 atom stereocenters. The van der Waals surface area contributed by atoms with Gasteiger partial charge in [-0.25, -0.2) is 4.79 Å². The molecule has 0 aromatic rings. The molecule has 0 unspecified atom stereocenters. The minimum Gasteiger partial charge on any atom is -0.434 e. The SMILES string of the molecule is CC(C)(C)CCCCCCCCOC(=O)OCCCCCCCCC(C)(C)C. The Morgan fingerprint density at radius 2 is 0.786 bits per heavy atom. The zero-order chi connectivity index (χ0) is 21.3. The lowest BCUT2D eigenvalue weighted by atomic mass is 9.89. The molecule has 3 heteroatoms. The van der Waals surface area contributed by atoms with E-state index in [0.717, 1.165) is 25.7 Å². The highest BCUT2D eigenvalue weighted by Gasteiger charge is 2.09. The summed E-state index contributed by atoms with van der Waals surface area (Å²) in [4.78, 5) is 11.5. The van der Waals surface area contributed by atoms with E-state index in [9.17, 15) is 4.79 Å². The van der Waals surface area contributed by atoms with E-state index in [1.165, 1.54) is 64.2 Å². The lowest BCUT2D eigenvalue weighted by molar-refractivity contribution is 0.0529. The van der Waals surface area contributed by atoms with Crippen molar-refractivity contribution in [1.29, 1.82) is 0 Å². The van der Waals surface area contributed by atoms with Gasteiger partial charge in [0.25, 0.3) is 0 Å². The summed E-state index contributed by atoms with van der Waals surface area (Å²) in [6, 6.07) is 0. The van der Waals surface area contributed by atoms with Crippen molar-refractivity contribution >= 4 is 6.16 Å². The van der Waals surface area contributed by atoms with Crippen LogP contribution in [0.15, 0.2) is 0 Å². The predicted octanol–water partition coefficient (Wildman–Crippen LogP) is 8.69. The molecule has 0 aliphatic heterocycles. The largest absolute Gasteiger partial charge is 0.508 e. The molecular formula is C25H50O3. The van der Waals surface area contributed by atoms with Crippen molar-refractivity contribution in [2.24, 2.45) is 10.8 Å². The Balaban J connectivity index is 3.26. The molecule has 0 radical (unpaired) electrons. The van der Waals surface area contributed by atoms with Crippen LogP contribution in [0.4, 0.5) is 4.79 Å². The molecule has 0 aromatic heterocycles. The lowest BCUT2D eigenvalue weighted by Crippen LogP contribution is -2.09. The number of carbonyl (C=O) groups is 1. The molecule has 0 heterocycles. The number of hydrogen-bond acceptors (Lipinski definition) is 3. The standard InChI is InChI=1S/C25H50O3/c1-24(2,3)19-15-11-7-9-13-17-21-27-23(26)28-22-18-14-10-8-12-16-20-25(4,5)6/h7-22H2,1-6H3. The van der Waals surface area contributed by atoms with Gasteiger partial charge in [-0.3, -0.25) is 0 Å². The van der Waals surface area contributed by atoms with Crippen LogP contribution in [0.3, 0.4) is 0 Å². The predicted molar refractivity (Wildman–Crippen MR) is 121 cm³/mol. The van der Waals surface area contributed by atoms with Gasteiger partial charge in [0, 0.05) is 0 Å². The fraction of sp³-hybridized carbons (Fsp3) is 0.960. The van der Waals surface area contributed by atoms with Gasteiger partial charge in [-0.1, -0.05) is 106 Å². The van der Waals surface area contributed by atoms with Crippen LogP contribution in [-0.2, 0) is 9.47 Å². The van der Waals surface area contributed by atoms with E-state index in [1.807, 2.05) is 0 Å². The number of carbonyl (C=O) groups excluding carboxylic acids is 1. The van der Waals surface area contributed by atoms with E-state index in [2.05, 4.69) is 41.5 Å². The Morgan fingerprint density at radius 1 is 0.500 bits per heavy atom. The van der Waals surface area contributed by atoms with Crippen LogP contribution in [0.5, 0.6) is 0 Å². The summed E-state index contributed by atoms with van der Waals surface area (Å²) in [5, 5.41) is 0. The van der Waals surface area contributed by atoms with E-state index in [-0.39, 0.29) is 0 Å². The summed E-state index contributed by atoms with van der Waals surface area (Å²) in [5.41, 5.74) is 0.917. The molecule has 0 rings (SSSR count). The molecule has 0 saturated carbocycles. The van der Waals surface area contributed by atoms with Gasteiger partial charge in [0.2, 0.25) is 0 Å². The van der Waals surface area contributed by atoms with Crippen molar-refractivity contribution < 1.29 is 14.3 Å². The smallest absolute Gasteiger partial charge is 0.434 e. The van der Waals surface area contributed by atoms with Crippen molar-refractivity contribution in [1.82, 2.24) is 0 Å². The van der Waals surface area contributed by atoms with Crippen LogP contribution >= 0.6 is 0 Å². The molecule has 0 aliphatic rings. The van der Waals surface area contributed by atoms with Crippen molar-refractivity contribution in [2.75, 3.05) is 13.2 Å². The van der Waals surface area contributed by atoms with Crippen LogP contribution in [0.1, 0.15) is 131 Å². The van der Waals surface area contributed by atoms with Crippen molar-refractivity contribution in [3.05, 3.63) is 0 Å². The first-order chi connectivity index (χ1) is 13.1. The molecule has 3 nitrogen and oxygen atoms in total. The van der Waals surface area contributed by atoms with E-state index in [0.29, 0.717) is 24.0 Å². The van der Waals surface area contributed by atoms with Crippen LogP contribution in [0.2, 0.25) is 0 Å². The molecule has 0 N–H and O–H groups in total. The van der Waals surface area contributed by atoms with Crippen LogP contribution < -0.4 is 0 Å².